The van der Waals surface area contributed by atoms with Gasteiger partial charge in [0.05, 0.1) is 44.6 Å². The highest BCUT2D eigenvalue weighted by atomic mass is 16.7. The monoisotopic (exact) mass is 1250 g/mol. The van der Waals surface area contributed by atoms with Crippen LogP contribution in [0.15, 0.2) is 133 Å². The molecule has 8 aromatic carbocycles. The van der Waals surface area contributed by atoms with E-state index in [0.29, 0.717) is 19.6 Å². The maximum atomic E-state index is 13.3. The first kappa shape index (κ1) is 68.4. The van der Waals surface area contributed by atoms with Crippen LogP contribution in [0.2, 0.25) is 0 Å². The van der Waals surface area contributed by atoms with E-state index < -0.39 is 0 Å². The molecule has 2 aromatic heterocycles. The number of aryl methyl sites for hydroxylation is 2. The van der Waals surface area contributed by atoms with Crippen LogP contribution < -0.4 is 0 Å². The molecular formula is C87H110N2O4. The maximum Gasteiger partial charge on any atom is 0.234 e. The zero-order valence-corrected chi connectivity index (χ0v) is 61.3. The smallest absolute Gasteiger partial charge is 0.234 e. The number of phenolic OH excluding ortho intramolecular Hbond substituents is 2. The zero-order chi connectivity index (χ0) is 68.4. The Balaban J connectivity index is 1.06. The van der Waals surface area contributed by atoms with Crippen LogP contribution >= 0.6 is 0 Å². The lowest BCUT2D eigenvalue weighted by Gasteiger charge is -2.35. The van der Waals surface area contributed by atoms with Gasteiger partial charge in [0.25, 0.3) is 0 Å². The van der Waals surface area contributed by atoms with Crippen molar-refractivity contribution in [1.29, 1.82) is 0 Å². The molecule has 0 aliphatic rings. The molecule has 0 spiro atoms. The summed E-state index contributed by atoms with van der Waals surface area (Å²) in [7, 11) is 9.38. The quantitative estimate of drug-likeness (QED) is 0.0842. The van der Waals surface area contributed by atoms with Crippen LogP contribution in [-0.2, 0) is 41.2 Å². The van der Waals surface area contributed by atoms with Crippen molar-refractivity contribution in [2.75, 3.05) is 13.2 Å². The normalized spacial score (nSPS) is 13.4. The van der Waals surface area contributed by atoms with E-state index in [1.54, 1.807) is 0 Å². The molecule has 0 amide bonds. The molecule has 0 atom stereocenters. The Kier molecular flexibility index (Phi) is 17.5. The summed E-state index contributed by atoms with van der Waals surface area (Å²) in [5.74, 6) is 2.13. The summed E-state index contributed by atoms with van der Waals surface area (Å²) >= 11 is 0. The third-order valence-corrected chi connectivity index (χ3v) is 19.4. The Bertz CT molecular complexity index is 4060. The summed E-state index contributed by atoms with van der Waals surface area (Å²) in [6, 6.07) is 49.5. The van der Waals surface area contributed by atoms with Gasteiger partial charge in [-0.05, 0) is 214 Å². The van der Waals surface area contributed by atoms with Crippen molar-refractivity contribution in [1.82, 2.24) is 9.13 Å². The predicted octanol–water partition coefficient (Wildman–Crippen LogP) is 25.1. The molecule has 10 aromatic rings. The first-order valence-electron chi connectivity index (χ1n) is 34.0. The molecular weight excluding hydrogens is 1140 g/mol. The van der Waals surface area contributed by atoms with Gasteiger partial charge in [-0.15, -0.1) is 0 Å². The maximum absolute atomic E-state index is 13.3. The number of hydrogen-bond donors (Lipinski definition) is 2. The van der Waals surface area contributed by atoms with Crippen molar-refractivity contribution in [3.05, 3.63) is 192 Å². The van der Waals surface area contributed by atoms with Gasteiger partial charge >= 0.3 is 0 Å². The SMILES string of the molecule is [CH2-][O+](CCC[O+]([CH2-])c1ccc(C)cc1-c1cc(C(C)(C)CC(C)(C)C)cc(-n2c3ccc(C(C)(C)C)cc3c3cc(C(C)(C)C)ccc32)c1O)c1ccc(C)cc1-c1cc(C(C)(C)CC(C)(C)C)cc(-n2c3ccc(C(C)(C)C)cc3c3cc(C(C)(C)C)ccc32)c1O. The molecule has 0 bridgehead atoms. The third-order valence-electron chi connectivity index (χ3n) is 19.4. The second-order valence-corrected chi connectivity index (χ2v) is 35.4. The summed E-state index contributed by atoms with van der Waals surface area (Å²) in [6.07, 6.45) is 2.51. The minimum Gasteiger partial charge on any atom is -0.711 e. The van der Waals surface area contributed by atoms with Crippen LogP contribution in [0.25, 0.3) is 77.2 Å². The number of fused-ring (bicyclic) bond motifs is 6. The van der Waals surface area contributed by atoms with E-state index in [4.69, 9.17) is 0 Å². The fraction of sp³-hybridized carbons (Fsp3) is 0.425. The van der Waals surface area contributed by atoms with Gasteiger partial charge in [0.15, 0.2) is 13.2 Å². The molecule has 0 aliphatic carbocycles. The van der Waals surface area contributed by atoms with Gasteiger partial charge < -0.3 is 28.1 Å². The number of nitrogens with zero attached hydrogens (tertiary/aromatic N) is 2. The van der Waals surface area contributed by atoms with Gasteiger partial charge in [-0.2, -0.15) is 0 Å². The summed E-state index contributed by atoms with van der Waals surface area (Å²) < 4.78 is 11.0. The van der Waals surface area contributed by atoms with Crippen LogP contribution in [0, 0.1) is 38.9 Å². The molecule has 0 radical (unpaired) electrons. The summed E-state index contributed by atoms with van der Waals surface area (Å²) in [4.78, 5) is 0. The standard InChI is InChI=1S/C87H110N2O4/c1-54-28-38-76(66(42-54)68-48-60(86(21,22)52-80(3,4)5)50-74(78(68)90)88-70-34-30-56(82(9,10)11)44-62(70)63-45-57(83(12,13)14)31-35-71(63)88)92(25)40-27-41-93(26)77-39-29-55(2)43-67(77)69-49-61(87(23,24)53-81(6,7)8)51-75(79(69)91)89-72-36-32-58(84(15,16)17)46-64(72)65-47-59(85(18,19)20)33-37-73(65)89/h28-39,42-51,90-91H,25-27,40-41,52-53H2,1-24H3. The van der Waals surface area contributed by atoms with Crippen LogP contribution in [0.3, 0.4) is 0 Å². The van der Waals surface area contributed by atoms with E-state index in [2.05, 4.69) is 332 Å². The molecule has 93 heavy (non-hydrogen) atoms. The Morgan fingerprint density at radius 2 is 0.613 bits per heavy atom. The van der Waals surface area contributed by atoms with Gasteiger partial charge in [0, 0.05) is 44.8 Å². The molecule has 6 heteroatoms. The molecule has 10 rings (SSSR count). The number of benzene rings is 8. The van der Waals surface area contributed by atoms with Gasteiger partial charge in [-0.3, -0.25) is 0 Å². The third kappa shape index (κ3) is 13.8. The highest BCUT2D eigenvalue weighted by Gasteiger charge is 2.35. The number of hydrogen-bond acceptors (Lipinski definition) is 2. The summed E-state index contributed by atoms with van der Waals surface area (Å²) in [6.45, 7) is 55.8. The van der Waals surface area contributed by atoms with Crippen molar-refractivity contribution >= 4 is 43.6 Å². The highest BCUT2D eigenvalue weighted by Crippen LogP contribution is 2.52. The molecule has 6 nitrogen and oxygen atoms in total. The number of rotatable bonds is 14. The van der Waals surface area contributed by atoms with E-state index in [-0.39, 0.29) is 54.8 Å². The van der Waals surface area contributed by atoms with Crippen LogP contribution in [0.5, 0.6) is 23.0 Å². The van der Waals surface area contributed by atoms with Gasteiger partial charge in [0.1, 0.15) is 17.9 Å². The molecule has 0 saturated carbocycles. The average molecular weight is 1250 g/mol. The van der Waals surface area contributed by atoms with E-state index in [0.717, 1.165) is 102 Å². The summed E-state index contributed by atoms with van der Waals surface area (Å²) in [5.41, 5.74) is 17.9. The molecule has 2 heterocycles. The Hall–Kier alpha value is -7.44. The Morgan fingerprint density at radius 3 is 0.871 bits per heavy atom. The van der Waals surface area contributed by atoms with E-state index in [1.807, 2.05) is 0 Å². The van der Waals surface area contributed by atoms with E-state index in [9.17, 15) is 10.2 Å². The lowest BCUT2D eigenvalue weighted by atomic mass is 9.71. The fourth-order valence-electron chi connectivity index (χ4n) is 14.9. The van der Waals surface area contributed by atoms with E-state index in [1.165, 1.54) is 43.8 Å². The average Bonchev–Trinajstić information content (AvgIpc) is 1.62. The van der Waals surface area contributed by atoms with Gasteiger partial charge in [-0.25, -0.2) is 0 Å². The second kappa shape index (κ2) is 23.8. The van der Waals surface area contributed by atoms with Crippen LogP contribution in [0.4, 0.5) is 0 Å². The number of phenols is 2. The highest BCUT2D eigenvalue weighted by molar-refractivity contribution is 6.11. The van der Waals surface area contributed by atoms with Crippen molar-refractivity contribution in [2.24, 2.45) is 10.8 Å². The van der Waals surface area contributed by atoms with Crippen molar-refractivity contribution < 1.29 is 18.9 Å². The molecule has 0 saturated heterocycles. The lowest BCUT2D eigenvalue weighted by molar-refractivity contribution is -0.0159. The molecule has 0 aliphatic heterocycles. The minimum absolute atomic E-state index is 0.0347. The Labute approximate surface area is 559 Å². The zero-order valence-electron chi connectivity index (χ0n) is 61.3. The second-order valence-electron chi connectivity index (χ2n) is 35.4. The topological polar surface area (TPSA) is 55.7 Å². The fourth-order valence-corrected chi connectivity index (χ4v) is 14.9. The molecule has 0 fully saturated rings. The molecule has 2 N–H and O–H groups in total. The number of aromatic nitrogens is 2. The van der Waals surface area contributed by atoms with Crippen molar-refractivity contribution in [3.63, 3.8) is 0 Å². The van der Waals surface area contributed by atoms with Gasteiger partial charge in [0.2, 0.25) is 11.5 Å². The van der Waals surface area contributed by atoms with E-state index >= 15 is 0 Å². The van der Waals surface area contributed by atoms with Crippen molar-refractivity contribution in [3.8, 4) is 56.6 Å². The molecule has 492 valence electrons. The number of aromatic hydroxyl groups is 2. The lowest BCUT2D eigenvalue weighted by Crippen LogP contribution is -2.25. The Morgan fingerprint density at radius 1 is 0.333 bits per heavy atom. The predicted molar refractivity (Wildman–Crippen MR) is 400 cm³/mol. The summed E-state index contributed by atoms with van der Waals surface area (Å²) in [5, 5.41) is 31.3. The van der Waals surface area contributed by atoms with Crippen molar-refractivity contribution in [2.45, 2.75) is 218 Å². The largest absolute Gasteiger partial charge is 0.711 e. The van der Waals surface area contributed by atoms with Gasteiger partial charge in [-0.1, -0.05) is 189 Å². The molecule has 0 unspecified atom stereocenters. The first-order chi connectivity index (χ1) is 42.8. The minimum atomic E-state index is -0.266. The van der Waals surface area contributed by atoms with Crippen LogP contribution in [0.1, 0.15) is 216 Å². The van der Waals surface area contributed by atoms with Crippen LogP contribution in [-0.4, -0.2) is 32.6 Å². The first-order valence-corrected chi connectivity index (χ1v) is 34.0.